The Morgan fingerprint density at radius 2 is 1.62 bits per heavy atom. The maximum absolute atomic E-state index is 12.0. The van der Waals surface area contributed by atoms with Crippen molar-refractivity contribution in [2.75, 3.05) is 6.61 Å². The third-order valence-corrected chi connectivity index (χ3v) is 3.31. The SMILES string of the molecule is CCOc1c(O)c2c(c(O)c1CC)C(O)=C(N)C(=O)C2=O. The minimum Gasteiger partial charge on any atom is -0.507 e. The summed E-state index contributed by atoms with van der Waals surface area (Å²) >= 11 is 0. The Hall–Kier alpha value is -2.70. The molecule has 1 aromatic rings. The van der Waals surface area contributed by atoms with E-state index in [1.807, 2.05) is 0 Å². The van der Waals surface area contributed by atoms with E-state index in [0.717, 1.165) is 0 Å². The lowest BCUT2D eigenvalue weighted by Crippen LogP contribution is -2.28. The van der Waals surface area contributed by atoms with Crippen molar-refractivity contribution < 1.29 is 29.6 Å². The minimum atomic E-state index is -1.14. The van der Waals surface area contributed by atoms with Crippen molar-refractivity contribution in [3.63, 3.8) is 0 Å². The molecule has 0 bridgehead atoms. The number of rotatable bonds is 3. The lowest BCUT2D eigenvalue weighted by atomic mass is 9.87. The Morgan fingerprint density at radius 3 is 2.14 bits per heavy atom. The van der Waals surface area contributed by atoms with Crippen molar-refractivity contribution in [2.24, 2.45) is 5.73 Å². The molecule has 0 amide bonds. The van der Waals surface area contributed by atoms with E-state index in [4.69, 9.17) is 10.5 Å². The van der Waals surface area contributed by atoms with Crippen LogP contribution in [-0.2, 0) is 11.2 Å². The number of Topliss-reactive ketones (excluding diaryl/α,β-unsaturated/α-hetero) is 2. The zero-order chi connectivity index (χ0) is 15.9. The Balaban J connectivity index is 2.93. The van der Waals surface area contributed by atoms with Gasteiger partial charge in [-0.2, -0.15) is 0 Å². The molecule has 0 fully saturated rings. The van der Waals surface area contributed by atoms with Crippen LogP contribution in [-0.4, -0.2) is 33.5 Å². The van der Waals surface area contributed by atoms with E-state index in [0.29, 0.717) is 0 Å². The number of nitrogens with two attached hydrogens (primary N) is 1. The summed E-state index contributed by atoms with van der Waals surface area (Å²) in [6, 6.07) is 0. The Kier molecular flexibility index (Phi) is 3.51. The second-order valence-corrected chi connectivity index (χ2v) is 4.46. The molecule has 0 atom stereocenters. The van der Waals surface area contributed by atoms with Crippen molar-refractivity contribution in [1.29, 1.82) is 0 Å². The summed E-state index contributed by atoms with van der Waals surface area (Å²) in [5, 5.41) is 30.4. The maximum atomic E-state index is 12.0. The van der Waals surface area contributed by atoms with Gasteiger partial charge in [-0.25, -0.2) is 0 Å². The lowest BCUT2D eigenvalue weighted by molar-refractivity contribution is -0.112. The highest BCUT2D eigenvalue weighted by Crippen LogP contribution is 2.47. The first-order chi connectivity index (χ1) is 9.86. The number of phenolic OH excluding ortho intramolecular Hbond substituents is 2. The molecule has 21 heavy (non-hydrogen) atoms. The molecule has 0 saturated carbocycles. The van der Waals surface area contributed by atoms with Crippen LogP contribution in [0.1, 0.15) is 35.3 Å². The number of aromatic hydroxyl groups is 2. The third kappa shape index (κ3) is 1.89. The molecule has 5 N–H and O–H groups in total. The smallest absolute Gasteiger partial charge is 0.253 e. The second-order valence-electron chi connectivity index (χ2n) is 4.46. The zero-order valence-corrected chi connectivity index (χ0v) is 11.6. The Labute approximate surface area is 120 Å². The number of ether oxygens (including phenoxy) is 1. The molecule has 0 unspecified atom stereocenters. The molecular weight excluding hydrogens is 278 g/mol. The first-order valence-electron chi connectivity index (χ1n) is 6.38. The molecular formula is C14H15NO6. The highest BCUT2D eigenvalue weighted by molar-refractivity contribution is 6.52. The topological polar surface area (TPSA) is 130 Å². The fraction of sp³-hybridized carbons (Fsp3) is 0.286. The number of hydrogen-bond acceptors (Lipinski definition) is 7. The van der Waals surface area contributed by atoms with E-state index in [2.05, 4.69) is 0 Å². The van der Waals surface area contributed by atoms with E-state index >= 15 is 0 Å². The fourth-order valence-electron chi connectivity index (χ4n) is 2.31. The third-order valence-electron chi connectivity index (χ3n) is 3.31. The molecule has 0 aromatic heterocycles. The second kappa shape index (κ2) is 5.01. The fourth-order valence-corrected chi connectivity index (χ4v) is 2.31. The van der Waals surface area contributed by atoms with Gasteiger partial charge in [-0.05, 0) is 13.3 Å². The Morgan fingerprint density at radius 1 is 1.00 bits per heavy atom. The lowest BCUT2D eigenvalue weighted by Gasteiger charge is -2.22. The average Bonchev–Trinajstić information content (AvgIpc) is 2.46. The summed E-state index contributed by atoms with van der Waals surface area (Å²) < 4.78 is 5.25. The minimum absolute atomic E-state index is 0.0781. The monoisotopic (exact) mass is 293 g/mol. The number of hydrogen-bond donors (Lipinski definition) is 4. The molecule has 0 radical (unpaired) electrons. The van der Waals surface area contributed by atoms with E-state index in [9.17, 15) is 24.9 Å². The van der Waals surface area contributed by atoms with Gasteiger partial charge < -0.3 is 25.8 Å². The van der Waals surface area contributed by atoms with Crippen molar-refractivity contribution in [1.82, 2.24) is 0 Å². The summed E-state index contributed by atoms with van der Waals surface area (Å²) in [7, 11) is 0. The molecule has 1 aliphatic rings. The van der Waals surface area contributed by atoms with Gasteiger partial charge in [0.25, 0.3) is 5.78 Å². The quantitative estimate of drug-likeness (QED) is 0.483. The number of carbonyl (C=O) groups is 2. The average molecular weight is 293 g/mol. The van der Waals surface area contributed by atoms with E-state index < -0.39 is 40.1 Å². The van der Waals surface area contributed by atoms with Crippen LogP contribution < -0.4 is 10.5 Å². The highest BCUT2D eigenvalue weighted by Gasteiger charge is 2.39. The number of ketones is 2. The molecule has 7 nitrogen and oxygen atoms in total. The number of phenols is 2. The van der Waals surface area contributed by atoms with Gasteiger partial charge in [-0.1, -0.05) is 6.92 Å². The van der Waals surface area contributed by atoms with Crippen molar-refractivity contribution in [3.8, 4) is 17.2 Å². The van der Waals surface area contributed by atoms with Crippen LogP contribution in [0.5, 0.6) is 17.2 Å². The predicted octanol–water partition coefficient (Wildman–Crippen LogP) is 1.01. The van der Waals surface area contributed by atoms with Gasteiger partial charge in [-0.3, -0.25) is 9.59 Å². The molecule has 0 heterocycles. The van der Waals surface area contributed by atoms with Gasteiger partial charge in [0, 0.05) is 5.56 Å². The molecule has 7 heteroatoms. The first kappa shape index (κ1) is 14.7. The largest absolute Gasteiger partial charge is 0.507 e. The van der Waals surface area contributed by atoms with Gasteiger partial charge in [0.2, 0.25) is 5.78 Å². The van der Waals surface area contributed by atoms with Crippen molar-refractivity contribution in [2.45, 2.75) is 20.3 Å². The van der Waals surface area contributed by atoms with Gasteiger partial charge in [0.1, 0.15) is 11.4 Å². The van der Waals surface area contributed by atoms with Crippen LogP contribution in [0.2, 0.25) is 0 Å². The summed E-state index contributed by atoms with van der Waals surface area (Å²) in [4.78, 5) is 23.7. The number of aliphatic hydroxyl groups excluding tert-OH is 1. The molecule has 1 aliphatic carbocycles. The van der Waals surface area contributed by atoms with E-state index in [1.54, 1.807) is 13.8 Å². The number of aliphatic hydroxyl groups is 1. The number of fused-ring (bicyclic) bond motifs is 1. The molecule has 1 aromatic carbocycles. The van der Waals surface area contributed by atoms with Crippen molar-refractivity contribution in [3.05, 3.63) is 22.4 Å². The van der Waals surface area contributed by atoms with Crippen molar-refractivity contribution >= 4 is 17.3 Å². The number of carbonyl (C=O) groups excluding carboxylic acids is 2. The Bertz CT molecular complexity index is 689. The van der Waals surface area contributed by atoms with Crippen LogP contribution in [0.25, 0.3) is 5.76 Å². The van der Waals surface area contributed by atoms with Crippen LogP contribution in [0, 0.1) is 0 Å². The molecule has 0 spiro atoms. The highest BCUT2D eigenvalue weighted by atomic mass is 16.5. The van der Waals surface area contributed by atoms with Gasteiger partial charge >= 0.3 is 0 Å². The van der Waals surface area contributed by atoms with Gasteiger partial charge in [0.05, 0.1) is 17.7 Å². The van der Waals surface area contributed by atoms with Crippen LogP contribution in [0.3, 0.4) is 0 Å². The molecule has 0 saturated heterocycles. The summed E-state index contributed by atoms with van der Waals surface area (Å²) in [5.41, 5.74) is 4.09. The summed E-state index contributed by atoms with van der Waals surface area (Å²) in [6.07, 6.45) is 0.275. The van der Waals surface area contributed by atoms with Crippen LogP contribution >= 0.6 is 0 Å². The molecule has 0 aliphatic heterocycles. The predicted molar refractivity (Wildman–Crippen MR) is 73.4 cm³/mol. The van der Waals surface area contributed by atoms with E-state index in [1.165, 1.54) is 0 Å². The number of allylic oxidation sites excluding steroid dienone is 1. The summed E-state index contributed by atoms with van der Waals surface area (Å²) in [5.74, 6) is -4.06. The maximum Gasteiger partial charge on any atom is 0.253 e. The first-order valence-corrected chi connectivity index (χ1v) is 6.38. The van der Waals surface area contributed by atoms with E-state index in [-0.39, 0.29) is 29.9 Å². The zero-order valence-electron chi connectivity index (χ0n) is 11.6. The normalized spacial score (nSPS) is 14.4. The van der Waals surface area contributed by atoms with Crippen LogP contribution in [0.4, 0.5) is 0 Å². The number of benzene rings is 1. The summed E-state index contributed by atoms with van der Waals surface area (Å²) in [6.45, 7) is 3.55. The standard InChI is InChI=1S/C14H15NO6/c1-3-5-9(16)6-7(12(19)14(5)21-4-2)11(18)13(20)8(15)10(6)17/h16-17,19H,3-4,15H2,1-2H3. The van der Waals surface area contributed by atoms with Crippen LogP contribution in [0.15, 0.2) is 5.70 Å². The van der Waals surface area contributed by atoms with Gasteiger partial charge in [-0.15, -0.1) is 0 Å². The molecule has 112 valence electrons. The molecule has 2 rings (SSSR count). The van der Waals surface area contributed by atoms with Gasteiger partial charge in [0.15, 0.2) is 17.3 Å².